The van der Waals surface area contributed by atoms with Crippen LogP contribution in [0.25, 0.3) is 0 Å². The number of hydrogen-bond acceptors (Lipinski definition) is 4. The molecule has 0 heterocycles. The molecule has 3 N–H and O–H groups in total. The molecule has 0 unspecified atom stereocenters. The fraction of sp³-hybridized carbons (Fsp3) is 0.846. The number of esters is 1. The number of unbranched alkanes of at least 4 members (excludes halogenated alkanes) is 3. The highest BCUT2D eigenvalue weighted by Crippen LogP contribution is 2.03. The normalized spacial score (nSPS) is 12.3. The van der Waals surface area contributed by atoms with Crippen LogP contribution in [0.2, 0.25) is 0 Å². The molecule has 106 valence electrons. The Labute approximate surface area is 109 Å². The highest BCUT2D eigenvalue weighted by atomic mass is 16.5. The molecule has 0 aliphatic heterocycles. The van der Waals surface area contributed by atoms with Gasteiger partial charge < -0.3 is 15.8 Å². The zero-order valence-electron chi connectivity index (χ0n) is 11.7. The fourth-order valence-corrected chi connectivity index (χ4v) is 1.48. The molecule has 0 aliphatic rings. The predicted octanol–water partition coefficient (Wildman–Crippen LogP) is 1.21. The molecule has 0 aromatic rings. The fourth-order valence-electron chi connectivity index (χ4n) is 1.48. The van der Waals surface area contributed by atoms with E-state index in [9.17, 15) is 9.59 Å². The van der Waals surface area contributed by atoms with Crippen LogP contribution >= 0.6 is 0 Å². The average molecular weight is 258 g/mol. The van der Waals surface area contributed by atoms with Gasteiger partial charge in [-0.2, -0.15) is 0 Å². The second-order valence-electron chi connectivity index (χ2n) is 4.80. The van der Waals surface area contributed by atoms with Crippen molar-refractivity contribution >= 4 is 11.9 Å². The molecule has 0 aromatic carbocycles. The van der Waals surface area contributed by atoms with Gasteiger partial charge in [0.2, 0.25) is 5.91 Å². The summed E-state index contributed by atoms with van der Waals surface area (Å²) in [4.78, 5) is 22.3. The van der Waals surface area contributed by atoms with Gasteiger partial charge in [0.15, 0.2) is 0 Å². The molecule has 0 aliphatic carbocycles. The van der Waals surface area contributed by atoms with Gasteiger partial charge in [-0.25, -0.2) is 0 Å². The molecule has 0 fully saturated rings. The summed E-state index contributed by atoms with van der Waals surface area (Å²) in [6, 6.07) is -0.427. The predicted molar refractivity (Wildman–Crippen MR) is 70.9 cm³/mol. The van der Waals surface area contributed by atoms with Crippen LogP contribution in [-0.4, -0.2) is 31.6 Å². The molecule has 0 saturated heterocycles. The van der Waals surface area contributed by atoms with Gasteiger partial charge in [-0.15, -0.1) is 0 Å². The first-order chi connectivity index (χ1) is 8.49. The number of nitrogens with two attached hydrogens (primary N) is 1. The third-order valence-corrected chi connectivity index (χ3v) is 2.86. The maximum absolute atomic E-state index is 11.5. The Hall–Kier alpha value is -1.10. The second-order valence-corrected chi connectivity index (χ2v) is 4.80. The van der Waals surface area contributed by atoms with Crippen LogP contribution in [0.1, 0.15) is 46.0 Å². The maximum Gasteiger partial charge on any atom is 0.305 e. The van der Waals surface area contributed by atoms with Gasteiger partial charge in [-0.05, 0) is 18.8 Å². The van der Waals surface area contributed by atoms with Crippen LogP contribution in [0.15, 0.2) is 0 Å². The number of amides is 1. The van der Waals surface area contributed by atoms with Gasteiger partial charge in [0.1, 0.15) is 0 Å². The molecule has 0 radical (unpaired) electrons. The number of carbonyl (C=O) groups is 2. The molecule has 0 spiro atoms. The number of ether oxygens (including phenoxy) is 1. The molecule has 0 aromatic heterocycles. The van der Waals surface area contributed by atoms with Gasteiger partial charge in [-0.1, -0.05) is 26.7 Å². The topological polar surface area (TPSA) is 81.4 Å². The van der Waals surface area contributed by atoms with E-state index in [-0.39, 0.29) is 17.8 Å². The van der Waals surface area contributed by atoms with Crippen molar-refractivity contribution in [2.75, 3.05) is 13.7 Å². The average Bonchev–Trinajstić information content (AvgIpc) is 2.35. The number of methoxy groups -OCH3 is 1. The maximum atomic E-state index is 11.5. The third kappa shape index (κ3) is 8.06. The molecule has 18 heavy (non-hydrogen) atoms. The lowest BCUT2D eigenvalue weighted by atomic mass is 10.0. The number of carbonyl (C=O) groups excluding carboxylic acids is 2. The van der Waals surface area contributed by atoms with E-state index in [2.05, 4.69) is 10.1 Å². The van der Waals surface area contributed by atoms with Crippen LogP contribution in [0.3, 0.4) is 0 Å². The van der Waals surface area contributed by atoms with E-state index in [0.717, 1.165) is 25.7 Å². The van der Waals surface area contributed by atoms with Crippen molar-refractivity contribution in [3.8, 4) is 0 Å². The van der Waals surface area contributed by atoms with Crippen LogP contribution < -0.4 is 11.1 Å². The standard InChI is InChI=1S/C13H26N2O3/c1-10(2)12(14)13(17)15-9-7-5-4-6-8-11(16)18-3/h10,12H,4-9,14H2,1-3H3,(H,15,17)/t12-/m0/s1. The third-order valence-electron chi connectivity index (χ3n) is 2.86. The van der Waals surface area contributed by atoms with Crippen LogP contribution in [0.5, 0.6) is 0 Å². The summed E-state index contributed by atoms with van der Waals surface area (Å²) < 4.78 is 4.55. The summed E-state index contributed by atoms with van der Waals surface area (Å²) in [6.07, 6.45) is 4.19. The van der Waals surface area contributed by atoms with Crippen LogP contribution in [0, 0.1) is 5.92 Å². The summed E-state index contributed by atoms with van der Waals surface area (Å²) in [5, 5.41) is 2.82. The molecule has 5 nitrogen and oxygen atoms in total. The van der Waals surface area contributed by atoms with E-state index in [4.69, 9.17) is 5.73 Å². The number of hydrogen-bond donors (Lipinski definition) is 2. The Morgan fingerprint density at radius 1 is 1.17 bits per heavy atom. The van der Waals surface area contributed by atoms with Crippen LogP contribution in [0.4, 0.5) is 0 Å². The zero-order chi connectivity index (χ0) is 14.0. The number of rotatable bonds is 9. The van der Waals surface area contributed by atoms with Crippen molar-refractivity contribution < 1.29 is 14.3 Å². The lowest BCUT2D eigenvalue weighted by Crippen LogP contribution is -2.44. The van der Waals surface area contributed by atoms with Gasteiger partial charge in [0.25, 0.3) is 0 Å². The van der Waals surface area contributed by atoms with Crippen molar-refractivity contribution in [1.29, 1.82) is 0 Å². The first-order valence-electron chi connectivity index (χ1n) is 6.59. The zero-order valence-corrected chi connectivity index (χ0v) is 11.7. The summed E-state index contributed by atoms with van der Waals surface area (Å²) >= 11 is 0. The van der Waals surface area contributed by atoms with Gasteiger partial charge >= 0.3 is 5.97 Å². The highest BCUT2D eigenvalue weighted by molar-refractivity contribution is 5.81. The lowest BCUT2D eigenvalue weighted by Gasteiger charge is -2.15. The van der Waals surface area contributed by atoms with Crippen molar-refractivity contribution in [2.24, 2.45) is 11.7 Å². The minimum absolute atomic E-state index is 0.0837. The SMILES string of the molecule is COC(=O)CCCCCCNC(=O)[C@@H](N)C(C)C. The Morgan fingerprint density at radius 3 is 2.33 bits per heavy atom. The smallest absolute Gasteiger partial charge is 0.305 e. The minimum atomic E-state index is -0.427. The van der Waals surface area contributed by atoms with Gasteiger partial charge in [0.05, 0.1) is 13.2 Å². The molecule has 0 bridgehead atoms. The quantitative estimate of drug-likeness (QED) is 0.481. The second kappa shape index (κ2) is 9.88. The Bertz CT molecular complexity index is 255. The molecule has 1 amide bonds. The van der Waals surface area contributed by atoms with Crippen molar-refractivity contribution in [1.82, 2.24) is 5.32 Å². The summed E-state index contributed by atoms with van der Waals surface area (Å²) in [5.74, 6) is -0.0872. The largest absolute Gasteiger partial charge is 0.469 e. The minimum Gasteiger partial charge on any atom is -0.469 e. The summed E-state index contributed by atoms with van der Waals surface area (Å²) in [5.41, 5.74) is 5.71. The summed E-state index contributed by atoms with van der Waals surface area (Å²) in [7, 11) is 1.40. The van der Waals surface area contributed by atoms with Crippen molar-refractivity contribution in [3.05, 3.63) is 0 Å². The van der Waals surface area contributed by atoms with E-state index in [1.54, 1.807) is 0 Å². The van der Waals surface area contributed by atoms with Gasteiger partial charge in [0, 0.05) is 13.0 Å². The molecule has 0 saturated carbocycles. The number of nitrogens with one attached hydrogen (secondary N) is 1. The van der Waals surface area contributed by atoms with Crippen molar-refractivity contribution in [2.45, 2.75) is 52.0 Å². The van der Waals surface area contributed by atoms with E-state index in [1.165, 1.54) is 7.11 Å². The first kappa shape index (κ1) is 16.9. The first-order valence-corrected chi connectivity index (χ1v) is 6.59. The Kier molecular flexibility index (Phi) is 9.28. The monoisotopic (exact) mass is 258 g/mol. The van der Waals surface area contributed by atoms with E-state index in [0.29, 0.717) is 13.0 Å². The highest BCUT2D eigenvalue weighted by Gasteiger charge is 2.15. The molecule has 5 heteroatoms. The van der Waals surface area contributed by atoms with E-state index < -0.39 is 6.04 Å². The van der Waals surface area contributed by atoms with Crippen LogP contribution in [-0.2, 0) is 14.3 Å². The Morgan fingerprint density at radius 2 is 1.78 bits per heavy atom. The molecular formula is C13H26N2O3. The lowest BCUT2D eigenvalue weighted by molar-refractivity contribution is -0.140. The summed E-state index contributed by atoms with van der Waals surface area (Å²) in [6.45, 7) is 4.51. The Balaban J connectivity index is 3.41. The molecular weight excluding hydrogens is 232 g/mol. The van der Waals surface area contributed by atoms with Crippen molar-refractivity contribution in [3.63, 3.8) is 0 Å². The van der Waals surface area contributed by atoms with Gasteiger partial charge in [-0.3, -0.25) is 9.59 Å². The van der Waals surface area contributed by atoms with E-state index in [1.807, 2.05) is 13.8 Å². The van der Waals surface area contributed by atoms with E-state index >= 15 is 0 Å². The molecule has 1 atom stereocenters. The molecule has 0 rings (SSSR count).